The summed E-state index contributed by atoms with van der Waals surface area (Å²) in [5.41, 5.74) is 2.03. The number of rotatable bonds is 11. The first-order chi connectivity index (χ1) is 16.1. The fourth-order valence-corrected chi connectivity index (χ4v) is 3.37. The van der Waals surface area contributed by atoms with Gasteiger partial charge in [0, 0.05) is 25.1 Å². The van der Waals surface area contributed by atoms with Crippen molar-refractivity contribution in [1.29, 1.82) is 0 Å². The van der Waals surface area contributed by atoms with Crippen LogP contribution in [-0.4, -0.2) is 55.6 Å². The Kier molecular flexibility index (Phi) is 9.56. The van der Waals surface area contributed by atoms with Crippen molar-refractivity contribution in [3.8, 4) is 17.2 Å². The molecule has 9 nitrogen and oxygen atoms in total. The quantitative estimate of drug-likeness (QED) is 0.389. The Morgan fingerprint density at radius 3 is 2.35 bits per heavy atom. The molecular formula is C25H32N2O7. The third-order valence-electron chi connectivity index (χ3n) is 5.49. The van der Waals surface area contributed by atoms with Crippen molar-refractivity contribution in [2.75, 3.05) is 20.8 Å². The van der Waals surface area contributed by atoms with Gasteiger partial charge in [-0.1, -0.05) is 13.0 Å². The fourth-order valence-electron chi connectivity index (χ4n) is 3.37. The maximum atomic E-state index is 12.7. The zero-order valence-electron chi connectivity index (χ0n) is 20.6. The van der Waals surface area contributed by atoms with E-state index in [1.54, 1.807) is 14.0 Å². The molecule has 0 aliphatic heterocycles. The zero-order chi connectivity index (χ0) is 25.4. The fraction of sp³-hybridized carbons (Fsp3) is 0.440. The van der Waals surface area contributed by atoms with Crippen LogP contribution in [0.3, 0.4) is 0 Å². The number of carbonyl (C=O) groups is 3. The first-order valence-corrected chi connectivity index (χ1v) is 10.9. The first-order valence-electron chi connectivity index (χ1n) is 10.9. The lowest BCUT2D eigenvalue weighted by atomic mass is 9.92. The second-order valence-electron chi connectivity index (χ2n) is 7.96. The van der Waals surface area contributed by atoms with E-state index >= 15 is 0 Å². The van der Waals surface area contributed by atoms with Crippen LogP contribution in [-0.2, 0) is 14.3 Å². The molecule has 184 valence electrons. The van der Waals surface area contributed by atoms with Crippen molar-refractivity contribution in [3.05, 3.63) is 47.3 Å². The number of Topliss-reactive ketones (excluding diaryl/α,β-unsaturated/α-hetero) is 1. The Labute approximate surface area is 199 Å². The minimum absolute atomic E-state index is 0.0454. The van der Waals surface area contributed by atoms with E-state index in [4.69, 9.17) is 18.9 Å². The summed E-state index contributed by atoms with van der Waals surface area (Å²) in [6.45, 7) is 8.40. The van der Waals surface area contributed by atoms with Crippen molar-refractivity contribution < 1.29 is 33.3 Å². The van der Waals surface area contributed by atoms with Crippen LogP contribution in [0.5, 0.6) is 17.2 Å². The van der Waals surface area contributed by atoms with E-state index in [0.717, 1.165) is 16.9 Å². The lowest BCUT2D eigenvalue weighted by Crippen LogP contribution is -2.40. The van der Waals surface area contributed by atoms with E-state index in [0.29, 0.717) is 0 Å². The maximum Gasteiger partial charge on any atom is 0.323 e. The number of hydrogen-bond donors (Lipinski definition) is 1. The SMILES string of the molecule is COc1ccc([C@@H](C)[C@@H](C)OC(=O)[C@H](C)NCC(=O)c2nccc(OC)c2OC(C)=O)c(C)c1. The van der Waals surface area contributed by atoms with Gasteiger partial charge >= 0.3 is 11.9 Å². The number of benzene rings is 1. The van der Waals surface area contributed by atoms with Gasteiger partial charge in [-0.25, -0.2) is 4.98 Å². The topological polar surface area (TPSA) is 113 Å². The predicted molar refractivity (Wildman–Crippen MR) is 126 cm³/mol. The van der Waals surface area contributed by atoms with Crippen molar-refractivity contribution in [3.63, 3.8) is 0 Å². The molecular weight excluding hydrogens is 440 g/mol. The standard InChI is InChI=1S/C25H32N2O7/c1-14-12-19(31-6)8-9-20(14)15(2)17(4)33-25(30)16(3)27-13-21(29)23-24(34-18(5)28)22(32-7)10-11-26-23/h8-12,15-17,27H,13H2,1-7H3/t15-,16-,17+/m0/s1. The number of aryl methyl sites for hydroxylation is 1. The Bertz CT molecular complexity index is 1040. The third-order valence-corrected chi connectivity index (χ3v) is 5.49. The Morgan fingerprint density at radius 1 is 1.06 bits per heavy atom. The number of ether oxygens (including phenoxy) is 4. The highest BCUT2D eigenvalue weighted by Gasteiger charge is 2.25. The van der Waals surface area contributed by atoms with Crippen LogP contribution in [0, 0.1) is 6.92 Å². The molecule has 1 aromatic carbocycles. The van der Waals surface area contributed by atoms with Crippen LogP contribution in [0.15, 0.2) is 30.5 Å². The van der Waals surface area contributed by atoms with Crippen LogP contribution >= 0.6 is 0 Å². The molecule has 0 fully saturated rings. The molecule has 1 N–H and O–H groups in total. The van der Waals surface area contributed by atoms with Crippen LogP contribution < -0.4 is 19.5 Å². The Morgan fingerprint density at radius 2 is 1.76 bits per heavy atom. The van der Waals surface area contributed by atoms with Crippen LogP contribution in [0.4, 0.5) is 0 Å². The summed E-state index contributed by atoms with van der Waals surface area (Å²) in [4.78, 5) is 40.8. The summed E-state index contributed by atoms with van der Waals surface area (Å²) in [5.74, 6) is -0.698. The van der Waals surface area contributed by atoms with E-state index < -0.39 is 29.9 Å². The van der Waals surface area contributed by atoms with Gasteiger partial charge in [0.05, 0.1) is 20.8 Å². The summed E-state index contributed by atoms with van der Waals surface area (Å²) in [7, 11) is 3.01. The second-order valence-corrected chi connectivity index (χ2v) is 7.96. The number of esters is 2. The number of carbonyl (C=O) groups excluding carboxylic acids is 3. The summed E-state index contributed by atoms with van der Waals surface area (Å²) >= 11 is 0. The molecule has 0 unspecified atom stereocenters. The smallest absolute Gasteiger partial charge is 0.323 e. The molecule has 0 radical (unpaired) electrons. The first kappa shape index (κ1) is 26.8. The van der Waals surface area contributed by atoms with Crippen molar-refractivity contribution in [2.45, 2.75) is 52.7 Å². The average molecular weight is 473 g/mol. The third kappa shape index (κ3) is 6.77. The molecule has 0 aliphatic carbocycles. The number of pyridine rings is 1. The van der Waals surface area contributed by atoms with Crippen LogP contribution in [0.25, 0.3) is 0 Å². The molecule has 1 aromatic heterocycles. The van der Waals surface area contributed by atoms with Crippen LogP contribution in [0.1, 0.15) is 55.2 Å². The molecule has 34 heavy (non-hydrogen) atoms. The number of hydrogen-bond acceptors (Lipinski definition) is 9. The van der Waals surface area contributed by atoms with Gasteiger partial charge < -0.3 is 18.9 Å². The molecule has 0 bridgehead atoms. The maximum absolute atomic E-state index is 12.7. The molecule has 0 amide bonds. The van der Waals surface area contributed by atoms with Gasteiger partial charge in [0.2, 0.25) is 5.75 Å². The number of ketones is 1. The summed E-state index contributed by atoms with van der Waals surface area (Å²) in [5, 5.41) is 2.85. The molecule has 0 spiro atoms. The van der Waals surface area contributed by atoms with E-state index in [1.807, 2.05) is 39.0 Å². The van der Waals surface area contributed by atoms with Crippen molar-refractivity contribution >= 4 is 17.7 Å². The molecule has 0 saturated carbocycles. The molecule has 2 rings (SSSR count). The predicted octanol–water partition coefficient (Wildman–Crippen LogP) is 3.23. The highest BCUT2D eigenvalue weighted by molar-refractivity contribution is 5.99. The van der Waals surface area contributed by atoms with Gasteiger partial charge in [-0.2, -0.15) is 0 Å². The molecule has 0 aliphatic rings. The highest BCUT2D eigenvalue weighted by atomic mass is 16.6. The lowest BCUT2D eigenvalue weighted by Gasteiger charge is -2.24. The number of nitrogens with zero attached hydrogens (tertiary/aromatic N) is 1. The largest absolute Gasteiger partial charge is 0.497 e. The van der Waals surface area contributed by atoms with Crippen LogP contribution in [0.2, 0.25) is 0 Å². The normalized spacial score (nSPS) is 13.4. The molecule has 3 atom stereocenters. The van der Waals surface area contributed by atoms with E-state index in [9.17, 15) is 14.4 Å². The van der Waals surface area contributed by atoms with Crippen molar-refractivity contribution in [1.82, 2.24) is 10.3 Å². The number of aromatic nitrogens is 1. The second kappa shape index (κ2) is 12.1. The zero-order valence-corrected chi connectivity index (χ0v) is 20.6. The van der Waals surface area contributed by atoms with Gasteiger partial charge in [0.15, 0.2) is 17.2 Å². The van der Waals surface area contributed by atoms with Gasteiger partial charge in [-0.3, -0.25) is 19.7 Å². The Balaban J connectivity index is 2.00. The summed E-state index contributed by atoms with van der Waals surface area (Å²) in [6, 6.07) is 6.51. The monoisotopic (exact) mass is 472 g/mol. The molecule has 1 heterocycles. The average Bonchev–Trinajstić information content (AvgIpc) is 2.81. The van der Waals surface area contributed by atoms with Crippen molar-refractivity contribution in [2.24, 2.45) is 0 Å². The van der Waals surface area contributed by atoms with Gasteiger partial charge in [0.25, 0.3) is 0 Å². The van der Waals surface area contributed by atoms with E-state index in [-0.39, 0.29) is 29.7 Å². The minimum Gasteiger partial charge on any atom is -0.497 e. The van der Waals surface area contributed by atoms with Gasteiger partial charge in [0.1, 0.15) is 17.9 Å². The Hall–Kier alpha value is -3.46. The lowest BCUT2D eigenvalue weighted by molar-refractivity contribution is -0.151. The minimum atomic E-state index is -0.752. The summed E-state index contributed by atoms with van der Waals surface area (Å²) in [6.07, 6.45) is 0.983. The molecule has 0 saturated heterocycles. The molecule has 2 aromatic rings. The number of nitrogens with one attached hydrogen (secondary N) is 1. The van der Waals surface area contributed by atoms with Gasteiger partial charge in [-0.05, 0) is 44.0 Å². The molecule has 9 heteroatoms. The number of methoxy groups -OCH3 is 2. The highest BCUT2D eigenvalue weighted by Crippen LogP contribution is 2.30. The summed E-state index contributed by atoms with van der Waals surface area (Å²) < 4.78 is 21.2. The van der Waals surface area contributed by atoms with Gasteiger partial charge in [-0.15, -0.1) is 0 Å². The van der Waals surface area contributed by atoms with E-state index in [2.05, 4.69) is 10.3 Å². The van der Waals surface area contributed by atoms with E-state index in [1.165, 1.54) is 26.3 Å².